The van der Waals surface area contributed by atoms with Gasteiger partial charge in [0.25, 0.3) is 11.8 Å². The van der Waals surface area contributed by atoms with Crippen LogP contribution >= 0.6 is 0 Å². The van der Waals surface area contributed by atoms with Crippen LogP contribution in [0.15, 0.2) is 24.3 Å². The first-order chi connectivity index (χ1) is 10.7. The molecule has 2 amide bonds. The lowest BCUT2D eigenvalue weighted by Gasteiger charge is -2.16. The maximum atomic E-state index is 12.1. The molecule has 0 aliphatic carbocycles. The smallest absolute Gasteiger partial charge is 0.333 e. The number of hydrogen-bond acceptors (Lipinski definition) is 5. The fourth-order valence-corrected chi connectivity index (χ4v) is 2.80. The van der Waals surface area contributed by atoms with Crippen LogP contribution in [-0.4, -0.2) is 36.1 Å². The van der Waals surface area contributed by atoms with Gasteiger partial charge in [0.2, 0.25) is 0 Å². The van der Waals surface area contributed by atoms with E-state index in [-0.39, 0.29) is 23.5 Å². The summed E-state index contributed by atoms with van der Waals surface area (Å²) in [6.07, 6.45) is 2.77. The summed E-state index contributed by atoms with van der Waals surface area (Å²) < 4.78 is 5.35. The molecular weight excluding hydrogens is 286 g/mol. The van der Waals surface area contributed by atoms with Gasteiger partial charge >= 0.3 is 5.97 Å². The molecule has 0 spiro atoms. The zero-order chi connectivity index (χ0) is 15.5. The predicted molar refractivity (Wildman–Crippen MR) is 75.8 cm³/mol. The van der Waals surface area contributed by atoms with Gasteiger partial charge in [-0.05, 0) is 37.3 Å². The fourth-order valence-electron chi connectivity index (χ4n) is 2.80. The van der Waals surface area contributed by atoms with E-state index in [4.69, 9.17) is 9.57 Å². The highest BCUT2D eigenvalue weighted by molar-refractivity contribution is 6.20. The molecule has 3 rings (SSSR count). The van der Waals surface area contributed by atoms with Crippen LogP contribution in [0, 0.1) is 5.92 Å². The van der Waals surface area contributed by atoms with Gasteiger partial charge in [-0.25, -0.2) is 4.79 Å². The van der Waals surface area contributed by atoms with Crippen molar-refractivity contribution in [2.75, 3.05) is 13.2 Å². The van der Waals surface area contributed by atoms with Crippen LogP contribution in [-0.2, 0) is 14.4 Å². The van der Waals surface area contributed by atoms with Gasteiger partial charge in [-0.3, -0.25) is 9.59 Å². The van der Waals surface area contributed by atoms with Crippen LogP contribution < -0.4 is 0 Å². The zero-order valence-corrected chi connectivity index (χ0v) is 12.1. The molecular formula is C16H17NO5. The average molecular weight is 303 g/mol. The lowest BCUT2D eigenvalue weighted by Crippen LogP contribution is -2.33. The lowest BCUT2D eigenvalue weighted by molar-refractivity contribution is -0.169. The van der Waals surface area contributed by atoms with E-state index in [2.05, 4.69) is 0 Å². The number of imide groups is 1. The van der Waals surface area contributed by atoms with Crippen LogP contribution in [0.3, 0.4) is 0 Å². The molecule has 0 N–H and O–H groups in total. The molecule has 1 aromatic carbocycles. The van der Waals surface area contributed by atoms with Crippen molar-refractivity contribution in [2.24, 2.45) is 5.92 Å². The number of rotatable bonds is 3. The van der Waals surface area contributed by atoms with Crippen molar-refractivity contribution in [3.05, 3.63) is 35.4 Å². The summed E-state index contributed by atoms with van der Waals surface area (Å²) in [5, 5.41) is 0.570. The van der Waals surface area contributed by atoms with Crippen molar-refractivity contribution in [1.82, 2.24) is 5.06 Å². The lowest BCUT2D eigenvalue weighted by atomic mass is 9.97. The zero-order valence-electron chi connectivity index (χ0n) is 12.1. The third-order valence-corrected chi connectivity index (χ3v) is 3.98. The minimum absolute atomic E-state index is 0.171. The van der Waals surface area contributed by atoms with Crippen LogP contribution in [0.25, 0.3) is 0 Å². The number of carbonyl (C=O) groups excluding carboxylic acids is 3. The molecule has 1 fully saturated rings. The number of hydroxylamine groups is 2. The second-order valence-corrected chi connectivity index (χ2v) is 5.53. The first kappa shape index (κ1) is 14.7. The fraction of sp³-hybridized carbons (Fsp3) is 0.438. The van der Waals surface area contributed by atoms with Gasteiger partial charge in [0.15, 0.2) is 0 Å². The van der Waals surface area contributed by atoms with Crippen molar-refractivity contribution in [1.29, 1.82) is 0 Å². The number of carbonyl (C=O) groups is 3. The van der Waals surface area contributed by atoms with E-state index in [9.17, 15) is 14.4 Å². The first-order valence-electron chi connectivity index (χ1n) is 7.43. The van der Waals surface area contributed by atoms with Gasteiger partial charge < -0.3 is 9.57 Å². The molecule has 6 nitrogen and oxygen atoms in total. The van der Waals surface area contributed by atoms with E-state index in [0.717, 1.165) is 19.3 Å². The molecule has 0 radical (unpaired) electrons. The Hall–Kier alpha value is -2.21. The molecule has 2 aliphatic rings. The Morgan fingerprint density at radius 3 is 2.50 bits per heavy atom. The number of nitrogens with zero attached hydrogens (tertiary/aromatic N) is 1. The molecule has 22 heavy (non-hydrogen) atoms. The molecule has 6 heteroatoms. The van der Waals surface area contributed by atoms with E-state index in [1.807, 2.05) is 0 Å². The van der Waals surface area contributed by atoms with Gasteiger partial charge in [-0.2, -0.15) is 0 Å². The van der Waals surface area contributed by atoms with E-state index in [0.29, 0.717) is 18.3 Å². The Morgan fingerprint density at radius 2 is 1.82 bits per heavy atom. The Balaban J connectivity index is 1.63. The normalized spacial score (nSPS) is 21.5. The van der Waals surface area contributed by atoms with Crippen molar-refractivity contribution >= 4 is 17.8 Å². The van der Waals surface area contributed by atoms with E-state index >= 15 is 0 Å². The second kappa shape index (κ2) is 6.27. The first-order valence-corrected chi connectivity index (χ1v) is 7.43. The number of benzene rings is 1. The van der Waals surface area contributed by atoms with Crippen LogP contribution in [0.4, 0.5) is 0 Å². The third-order valence-electron chi connectivity index (χ3n) is 3.98. The van der Waals surface area contributed by atoms with Crippen LogP contribution in [0.2, 0.25) is 0 Å². The summed E-state index contributed by atoms with van der Waals surface area (Å²) >= 11 is 0. The van der Waals surface area contributed by atoms with Gasteiger partial charge in [-0.1, -0.05) is 17.2 Å². The minimum atomic E-state index is -0.585. The van der Waals surface area contributed by atoms with E-state index in [1.54, 1.807) is 24.3 Å². The molecule has 2 heterocycles. The molecule has 116 valence electrons. The van der Waals surface area contributed by atoms with Crippen molar-refractivity contribution < 1.29 is 24.0 Å². The molecule has 1 unspecified atom stereocenters. The molecule has 1 saturated heterocycles. The van der Waals surface area contributed by atoms with Crippen LogP contribution in [0.5, 0.6) is 0 Å². The van der Waals surface area contributed by atoms with Gasteiger partial charge in [0.1, 0.15) is 0 Å². The molecule has 1 aromatic rings. The Labute approximate surface area is 127 Å². The van der Waals surface area contributed by atoms with Gasteiger partial charge in [-0.15, -0.1) is 0 Å². The van der Waals surface area contributed by atoms with Crippen molar-refractivity contribution in [3.63, 3.8) is 0 Å². The number of ether oxygens (including phenoxy) is 1. The summed E-state index contributed by atoms with van der Waals surface area (Å²) in [4.78, 5) is 41.2. The maximum absolute atomic E-state index is 12.1. The summed E-state index contributed by atoms with van der Waals surface area (Å²) in [7, 11) is 0. The highest BCUT2D eigenvalue weighted by Crippen LogP contribution is 2.24. The standard InChI is InChI=1S/C16H17NO5/c18-14(10-11-4-3-8-21-9-7-11)22-17-15(19)12-5-1-2-6-13(12)16(17)20/h1-2,5-6,11H,3-4,7-10H2. The summed E-state index contributed by atoms with van der Waals surface area (Å²) in [6, 6.07) is 6.43. The highest BCUT2D eigenvalue weighted by atomic mass is 16.7. The molecule has 0 saturated carbocycles. The van der Waals surface area contributed by atoms with E-state index in [1.165, 1.54) is 0 Å². The average Bonchev–Trinajstić information content (AvgIpc) is 2.72. The highest BCUT2D eigenvalue weighted by Gasteiger charge is 2.38. The third kappa shape index (κ3) is 2.87. The molecule has 0 aromatic heterocycles. The maximum Gasteiger partial charge on any atom is 0.333 e. The molecule has 0 bridgehead atoms. The Kier molecular flexibility index (Phi) is 4.20. The minimum Gasteiger partial charge on any atom is -0.381 e. The monoisotopic (exact) mass is 303 g/mol. The van der Waals surface area contributed by atoms with E-state index < -0.39 is 17.8 Å². The van der Waals surface area contributed by atoms with Gasteiger partial charge in [0.05, 0.1) is 17.5 Å². The second-order valence-electron chi connectivity index (χ2n) is 5.53. The summed E-state index contributed by atoms with van der Waals surface area (Å²) in [5.41, 5.74) is 0.534. The molecule has 1 atom stereocenters. The Bertz CT molecular complexity index is 569. The van der Waals surface area contributed by atoms with Crippen LogP contribution in [0.1, 0.15) is 46.4 Å². The molecule has 2 aliphatic heterocycles. The Morgan fingerprint density at radius 1 is 1.14 bits per heavy atom. The largest absolute Gasteiger partial charge is 0.381 e. The number of fused-ring (bicyclic) bond motifs is 1. The topological polar surface area (TPSA) is 72.9 Å². The van der Waals surface area contributed by atoms with Crippen molar-refractivity contribution in [2.45, 2.75) is 25.7 Å². The van der Waals surface area contributed by atoms with Crippen molar-refractivity contribution in [3.8, 4) is 0 Å². The summed E-state index contributed by atoms with van der Waals surface area (Å²) in [5.74, 6) is -1.55. The number of amides is 2. The quantitative estimate of drug-likeness (QED) is 0.798. The SMILES string of the molecule is O=C(CC1CCCOCC1)ON1C(=O)c2ccccc2C1=O. The predicted octanol–water partition coefficient (Wildman–Crippen LogP) is 1.95. The van der Waals surface area contributed by atoms with Gasteiger partial charge in [0, 0.05) is 13.2 Å². The summed E-state index contributed by atoms with van der Waals surface area (Å²) in [6.45, 7) is 1.34. The number of hydrogen-bond donors (Lipinski definition) is 0.